The Morgan fingerprint density at radius 1 is 0.840 bits per heavy atom. The summed E-state index contributed by atoms with van der Waals surface area (Å²) in [6.07, 6.45) is 5.79. The van der Waals surface area contributed by atoms with Crippen LogP contribution in [-0.2, 0) is 19.6 Å². The predicted octanol–water partition coefficient (Wildman–Crippen LogP) is 5.83. The smallest absolute Gasteiger partial charge is 0.227 e. The lowest BCUT2D eigenvalue weighted by Crippen LogP contribution is -2.44. The molecular weight excluding hydrogens is 316 g/mol. The molecule has 0 N–H and O–H groups in total. The van der Waals surface area contributed by atoms with Crippen LogP contribution in [0, 0.1) is 0 Å². The van der Waals surface area contributed by atoms with Gasteiger partial charge in [0, 0.05) is 6.42 Å². The minimum atomic E-state index is -1.02. The summed E-state index contributed by atoms with van der Waals surface area (Å²) in [5, 5.41) is 0. The van der Waals surface area contributed by atoms with Gasteiger partial charge in [-0.3, -0.25) is 0 Å². The van der Waals surface area contributed by atoms with E-state index in [2.05, 4.69) is 18.2 Å². The molecule has 1 aromatic rings. The van der Waals surface area contributed by atoms with Crippen molar-refractivity contribution in [1.82, 2.24) is 0 Å². The van der Waals surface area contributed by atoms with Crippen LogP contribution in [0.4, 0.5) is 0 Å². The predicted molar refractivity (Wildman–Crippen MR) is 99.5 cm³/mol. The standard InChI is InChI=1S/C21H32O4/c1-19(2,3)22-24-21(25-23-20(4,5)6)15-11-10-14-18(21)16-17-12-8-7-9-13-17/h7-9,12-13,16H,10-11,14-15H2,1-6H3. The van der Waals surface area contributed by atoms with Gasteiger partial charge < -0.3 is 0 Å². The van der Waals surface area contributed by atoms with E-state index in [0.29, 0.717) is 6.42 Å². The van der Waals surface area contributed by atoms with Crippen LogP contribution in [-0.4, -0.2) is 17.0 Å². The van der Waals surface area contributed by atoms with Crippen molar-refractivity contribution in [3.05, 3.63) is 41.5 Å². The lowest BCUT2D eigenvalue weighted by Gasteiger charge is -2.39. The van der Waals surface area contributed by atoms with Crippen molar-refractivity contribution in [2.75, 3.05) is 0 Å². The first-order valence-corrected chi connectivity index (χ1v) is 9.09. The molecule has 0 unspecified atom stereocenters. The maximum Gasteiger partial charge on any atom is 0.255 e. The van der Waals surface area contributed by atoms with E-state index >= 15 is 0 Å². The Balaban J connectivity index is 2.32. The monoisotopic (exact) mass is 348 g/mol. The van der Waals surface area contributed by atoms with Gasteiger partial charge in [-0.05, 0) is 71.9 Å². The summed E-state index contributed by atoms with van der Waals surface area (Å²) in [5.74, 6) is -1.02. The average molecular weight is 348 g/mol. The van der Waals surface area contributed by atoms with Gasteiger partial charge in [-0.1, -0.05) is 36.4 Å². The maximum atomic E-state index is 5.90. The highest BCUT2D eigenvalue weighted by Gasteiger charge is 2.43. The summed E-state index contributed by atoms with van der Waals surface area (Å²) < 4.78 is 0. The largest absolute Gasteiger partial charge is 0.255 e. The molecule has 2 rings (SSSR count). The van der Waals surface area contributed by atoms with E-state index in [1.54, 1.807) is 0 Å². The first-order valence-electron chi connectivity index (χ1n) is 9.09. The second-order valence-corrected chi connectivity index (χ2v) is 8.60. The van der Waals surface area contributed by atoms with Crippen molar-refractivity contribution in [1.29, 1.82) is 0 Å². The fourth-order valence-corrected chi connectivity index (χ4v) is 2.55. The molecule has 1 saturated carbocycles. The zero-order valence-corrected chi connectivity index (χ0v) is 16.4. The Labute approximate surface area is 152 Å². The Morgan fingerprint density at radius 3 is 1.92 bits per heavy atom. The van der Waals surface area contributed by atoms with Crippen molar-refractivity contribution in [2.24, 2.45) is 0 Å². The number of rotatable bonds is 5. The first-order chi connectivity index (χ1) is 11.6. The molecule has 0 aliphatic heterocycles. The minimum absolute atomic E-state index is 0.437. The molecule has 0 heterocycles. The van der Waals surface area contributed by atoms with Gasteiger partial charge in [0.1, 0.15) is 0 Å². The van der Waals surface area contributed by atoms with E-state index < -0.39 is 17.0 Å². The van der Waals surface area contributed by atoms with Crippen molar-refractivity contribution >= 4 is 6.08 Å². The molecule has 140 valence electrons. The number of benzene rings is 1. The van der Waals surface area contributed by atoms with Gasteiger partial charge in [-0.15, -0.1) is 0 Å². The van der Waals surface area contributed by atoms with Gasteiger partial charge in [-0.2, -0.15) is 9.78 Å². The Kier molecular flexibility index (Phi) is 6.44. The minimum Gasteiger partial charge on any atom is -0.227 e. The quantitative estimate of drug-likeness (QED) is 0.381. The molecule has 4 nitrogen and oxygen atoms in total. The van der Waals surface area contributed by atoms with Crippen LogP contribution in [0.1, 0.15) is 72.8 Å². The molecule has 0 aromatic heterocycles. The van der Waals surface area contributed by atoms with E-state index in [0.717, 1.165) is 30.4 Å². The summed E-state index contributed by atoms with van der Waals surface area (Å²) in [6.45, 7) is 11.7. The lowest BCUT2D eigenvalue weighted by atomic mass is 9.87. The molecule has 1 fully saturated rings. The molecule has 0 atom stereocenters. The topological polar surface area (TPSA) is 36.9 Å². The SMILES string of the molecule is CC(C)(C)OOC1(OOC(C)(C)C)CCCCC1=Cc1ccccc1. The Morgan fingerprint density at radius 2 is 1.40 bits per heavy atom. The summed E-state index contributed by atoms with van der Waals surface area (Å²) in [4.78, 5) is 23.1. The molecule has 1 aromatic carbocycles. The summed E-state index contributed by atoms with van der Waals surface area (Å²) in [6, 6.07) is 10.2. The average Bonchev–Trinajstić information content (AvgIpc) is 2.52. The second kappa shape index (κ2) is 8.00. The summed E-state index contributed by atoms with van der Waals surface area (Å²) in [5.41, 5.74) is 1.28. The molecule has 1 aliphatic carbocycles. The van der Waals surface area contributed by atoms with E-state index in [-0.39, 0.29) is 0 Å². The molecule has 1 aliphatic rings. The fraction of sp³-hybridized carbons (Fsp3) is 0.619. The van der Waals surface area contributed by atoms with E-state index in [1.165, 1.54) is 0 Å². The van der Waals surface area contributed by atoms with Crippen molar-refractivity contribution in [3.63, 3.8) is 0 Å². The van der Waals surface area contributed by atoms with Crippen LogP contribution >= 0.6 is 0 Å². The third kappa shape index (κ3) is 6.55. The first kappa shape index (κ1) is 20.1. The molecule has 0 bridgehead atoms. The van der Waals surface area contributed by atoms with Gasteiger partial charge in [-0.25, -0.2) is 9.78 Å². The third-order valence-electron chi connectivity index (χ3n) is 3.68. The highest BCUT2D eigenvalue weighted by atomic mass is 17.3. The Bertz CT molecular complexity index is 546. The van der Waals surface area contributed by atoms with Gasteiger partial charge in [0.25, 0.3) is 5.79 Å². The highest BCUT2D eigenvalue weighted by molar-refractivity contribution is 5.54. The third-order valence-corrected chi connectivity index (χ3v) is 3.68. The number of hydrogen-bond acceptors (Lipinski definition) is 4. The van der Waals surface area contributed by atoms with Crippen LogP contribution < -0.4 is 0 Å². The van der Waals surface area contributed by atoms with Crippen molar-refractivity contribution in [3.8, 4) is 0 Å². The second-order valence-electron chi connectivity index (χ2n) is 8.60. The van der Waals surface area contributed by atoms with Gasteiger partial charge in [0.2, 0.25) is 0 Å². The fourth-order valence-electron chi connectivity index (χ4n) is 2.55. The van der Waals surface area contributed by atoms with Crippen LogP contribution in [0.2, 0.25) is 0 Å². The molecular formula is C21H32O4. The number of hydrogen-bond donors (Lipinski definition) is 0. The maximum absolute atomic E-state index is 5.90. The van der Waals surface area contributed by atoms with Crippen molar-refractivity contribution < 1.29 is 19.6 Å². The highest BCUT2D eigenvalue weighted by Crippen LogP contribution is 2.40. The van der Waals surface area contributed by atoms with Crippen LogP contribution in [0.5, 0.6) is 0 Å². The van der Waals surface area contributed by atoms with Gasteiger partial charge in [0.15, 0.2) is 0 Å². The lowest BCUT2D eigenvalue weighted by molar-refractivity contribution is -0.532. The van der Waals surface area contributed by atoms with E-state index in [4.69, 9.17) is 19.6 Å². The zero-order valence-electron chi connectivity index (χ0n) is 16.4. The van der Waals surface area contributed by atoms with Gasteiger partial charge in [0.05, 0.1) is 11.2 Å². The Hall–Kier alpha value is -1.20. The van der Waals surface area contributed by atoms with Crippen molar-refractivity contribution in [2.45, 2.75) is 84.2 Å². The van der Waals surface area contributed by atoms with Crippen LogP contribution in [0.15, 0.2) is 35.9 Å². The molecule has 4 heteroatoms. The molecule has 25 heavy (non-hydrogen) atoms. The van der Waals surface area contributed by atoms with E-state index in [9.17, 15) is 0 Å². The van der Waals surface area contributed by atoms with Crippen LogP contribution in [0.3, 0.4) is 0 Å². The summed E-state index contributed by atoms with van der Waals surface area (Å²) >= 11 is 0. The van der Waals surface area contributed by atoms with Crippen LogP contribution in [0.25, 0.3) is 6.08 Å². The molecule has 0 radical (unpaired) electrons. The summed E-state index contributed by atoms with van der Waals surface area (Å²) in [7, 11) is 0. The van der Waals surface area contributed by atoms with E-state index in [1.807, 2.05) is 59.7 Å². The van der Waals surface area contributed by atoms with Gasteiger partial charge >= 0.3 is 0 Å². The molecule has 0 saturated heterocycles. The zero-order chi connectivity index (χ0) is 18.6. The normalized spacial score (nSPS) is 20.0. The molecule has 0 spiro atoms. The molecule has 0 amide bonds.